The van der Waals surface area contributed by atoms with Crippen molar-refractivity contribution in [2.45, 2.75) is 0 Å². The maximum Gasteiger partial charge on any atom is 3.00 e. The Morgan fingerprint density at radius 1 is 0.545 bits per heavy atom. The van der Waals surface area contributed by atoms with Crippen LogP contribution in [-0.4, -0.2) is 0 Å². The quantitative estimate of drug-likeness (QED) is 0.408. The first kappa shape index (κ1) is 18.0. The molecular formula is C19H17BrPY+2. The van der Waals surface area contributed by atoms with Crippen molar-refractivity contribution in [3.8, 4) is 0 Å². The van der Waals surface area contributed by atoms with Gasteiger partial charge in [-0.15, -0.1) is 0 Å². The van der Waals surface area contributed by atoms with Crippen LogP contribution < -0.4 is 15.9 Å². The molecule has 3 aromatic rings. The van der Waals surface area contributed by atoms with E-state index in [1.165, 1.54) is 15.9 Å². The van der Waals surface area contributed by atoms with Crippen molar-refractivity contribution in [3.63, 3.8) is 0 Å². The maximum absolute atomic E-state index is 4.76. The van der Waals surface area contributed by atoms with E-state index in [-0.39, 0.29) is 32.7 Å². The van der Waals surface area contributed by atoms with Gasteiger partial charge < -0.3 is 0 Å². The van der Waals surface area contributed by atoms with Crippen LogP contribution in [0.25, 0.3) is 0 Å². The van der Waals surface area contributed by atoms with Crippen LogP contribution in [0.3, 0.4) is 0 Å². The second-order valence-corrected chi connectivity index (χ2v) is 13.8. The molecule has 0 aliphatic rings. The molecule has 3 aromatic carbocycles. The minimum absolute atomic E-state index is 0. The second kappa shape index (κ2) is 7.06. The summed E-state index contributed by atoms with van der Waals surface area (Å²) in [5, 5.41) is 0.899. The summed E-state index contributed by atoms with van der Waals surface area (Å²) < 4.78 is 0. The zero-order valence-corrected chi connectivity index (χ0v) is 17.6. The minimum Gasteiger partial charge on any atom is 3.00 e. The molecule has 0 saturated carbocycles. The molecule has 0 spiro atoms. The number of benzene rings is 3. The molecule has 3 heteroatoms. The molecule has 0 nitrogen and oxygen atoms in total. The van der Waals surface area contributed by atoms with E-state index < -0.39 is 5.31 Å². The third kappa shape index (κ3) is 3.02. The third-order valence-corrected chi connectivity index (χ3v) is 11.7. The van der Waals surface area contributed by atoms with E-state index in [1.54, 1.807) is 0 Å². The van der Waals surface area contributed by atoms with Crippen LogP contribution >= 0.6 is 20.8 Å². The molecule has 0 fully saturated rings. The summed E-state index contributed by atoms with van der Waals surface area (Å²) in [6.07, 6.45) is 0. The van der Waals surface area contributed by atoms with Crippen molar-refractivity contribution in [2.24, 2.45) is 0 Å². The molecule has 0 aliphatic heterocycles. The van der Waals surface area contributed by atoms with Gasteiger partial charge in [0.1, 0.15) is 0 Å². The third-order valence-electron chi connectivity index (χ3n) is 3.88. The SMILES string of the molecule is [CH2-]P(Br)(c1ccccc1)(c1ccccc1)c1ccccc1.[Y+3]. The number of halogens is 1. The minimum atomic E-state index is -2.81. The van der Waals surface area contributed by atoms with Crippen molar-refractivity contribution in [2.75, 3.05) is 0 Å². The molecule has 0 bridgehead atoms. The van der Waals surface area contributed by atoms with E-state index in [2.05, 4.69) is 88.3 Å². The van der Waals surface area contributed by atoms with E-state index in [1.807, 2.05) is 18.2 Å². The van der Waals surface area contributed by atoms with E-state index in [4.69, 9.17) is 6.66 Å². The van der Waals surface area contributed by atoms with Gasteiger partial charge in [0.05, 0.1) is 0 Å². The van der Waals surface area contributed by atoms with E-state index in [0.717, 1.165) is 0 Å². The van der Waals surface area contributed by atoms with Crippen LogP contribution in [-0.2, 0) is 32.7 Å². The zero-order valence-electron chi connectivity index (χ0n) is 12.3. The Hall–Kier alpha value is -0.326. The normalized spacial score (nSPS) is 12.7. The first-order valence-corrected chi connectivity index (χ1v) is 11.3. The molecule has 0 saturated heterocycles. The first-order chi connectivity index (χ1) is 10.1. The zero-order chi connectivity index (χ0) is 14.8. The fourth-order valence-corrected chi connectivity index (χ4v) is 8.07. The molecule has 0 atom stereocenters. The summed E-state index contributed by atoms with van der Waals surface area (Å²) in [5.74, 6) is 0. The fraction of sp³-hybridized carbons (Fsp3) is 0. The van der Waals surface area contributed by atoms with Crippen molar-refractivity contribution in [1.29, 1.82) is 0 Å². The molecule has 0 heterocycles. The predicted molar refractivity (Wildman–Crippen MR) is 99.4 cm³/mol. The van der Waals surface area contributed by atoms with Crippen molar-refractivity contribution in [1.82, 2.24) is 0 Å². The maximum atomic E-state index is 4.76. The smallest absolute Gasteiger partial charge is 3.00 e. The van der Waals surface area contributed by atoms with Gasteiger partial charge in [0.15, 0.2) is 0 Å². The van der Waals surface area contributed by atoms with E-state index >= 15 is 0 Å². The Morgan fingerprint density at radius 3 is 1.00 bits per heavy atom. The Kier molecular flexibility index (Phi) is 5.78. The van der Waals surface area contributed by atoms with Gasteiger partial charge in [-0.25, -0.2) is 0 Å². The molecule has 22 heavy (non-hydrogen) atoms. The molecule has 0 aromatic heterocycles. The molecule has 106 valence electrons. The number of hydrogen-bond donors (Lipinski definition) is 0. The van der Waals surface area contributed by atoms with Gasteiger partial charge in [0, 0.05) is 0 Å². The van der Waals surface area contributed by atoms with Crippen molar-refractivity contribution < 1.29 is 32.7 Å². The molecular weight excluding hydrogens is 428 g/mol. The Balaban J connectivity index is 0.00000176. The van der Waals surface area contributed by atoms with Crippen LogP contribution in [0.2, 0.25) is 0 Å². The summed E-state index contributed by atoms with van der Waals surface area (Å²) in [5.41, 5.74) is 0. The summed E-state index contributed by atoms with van der Waals surface area (Å²) >= 11 is 4.13. The summed E-state index contributed by atoms with van der Waals surface area (Å²) in [6.45, 7) is 4.76. The summed E-state index contributed by atoms with van der Waals surface area (Å²) in [6, 6.07) is 31.6. The van der Waals surface area contributed by atoms with Gasteiger partial charge in [-0.05, 0) is 0 Å². The molecule has 0 aliphatic carbocycles. The van der Waals surface area contributed by atoms with Crippen LogP contribution in [0.4, 0.5) is 0 Å². The Morgan fingerprint density at radius 2 is 0.773 bits per heavy atom. The summed E-state index contributed by atoms with van der Waals surface area (Å²) in [7, 11) is 0. The first-order valence-electron chi connectivity index (χ1n) is 6.89. The van der Waals surface area contributed by atoms with Gasteiger partial charge in [-0.3, -0.25) is 0 Å². The average molecular weight is 445 g/mol. The monoisotopic (exact) mass is 444 g/mol. The van der Waals surface area contributed by atoms with Crippen molar-refractivity contribution >= 4 is 36.7 Å². The van der Waals surface area contributed by atoms with Crippen LogP contribution in [0.1, 0.15) is 0 Å². The van der Waals surface area contributed by atoms with Crippen LogP contribution in [0.15, 0.2) is 91.0 Å². The number of rotatable bonds is 3. The fourth-order valence-electron chi connectivity index (χ4n) is 2.66. The number of hydrogen-bond acceptors (Lipinski definition) is 0. The molecule has 3 rings (SSSR count). The molecule has 0 unspecified atom stereocenters. The standard InChI is InChI=1S/C19H17BrP.Y/c1-21(20,17-11-5-2-6-12-17,18-13-7-3-8-14-18)19-15-9-4-10-16-19;/h2-16H,1H2;/q-1;+3. The molecule has 0 amide bonds. The average Bonchev–Trinajstić information content (AvgIpc) is 2.57. The summed E-state index contributed by atoms with van der Waals surface area (Å²) in [4.78, 5) is 0. The second-order valence-electron chi connectivity index (χ2n) is 5.19. The van der Waals surface area contributed by atoms with Crippen molar-refractivity contribution in [3.05, 3.63) is 97.7 Å². The van der Waals surface area contributed by atoms with Gasteiger partial charge >= 0.3 is 167 Å². The van der Waals surface area contributed by atoms with E-state index in [9.17, 15) is 0 Å². The van der Waals surface area contributed by atoms with Crippen LogP contribution in [0.5, 0.6) is 0 Å². The predicted octanol–water partition coefficient (Wildman–Crippen LogP) is 4.62. The van der Waals surface area contributed by atoms with E-state index in [0.29, 0.717) is 0 Å². The Bertz CT molecular complexity index is 624. The van der Waals surface area contributed by atoms with Gasteiger partial charge in [-0.2, -0.15) is 0 Å². The van der Waals surface area contributed by atoms with Gasteiger partial charge in [0.25, 0.3) is 0 Å². The van der Waals surface area contributed by atoms with Gasteiger partial charge in [-0.1, -0.05) is 0 Å². The molecule has 0 radical (unpaired) electrons. The topological polar surface area (TPSA) is 0 Å². The largest absolute Gasteiger partial charge is 3.00 e. The molecule has 0 N–H and O–H groups in total. The van der Waals surface area contributed by atoms with Gasteiger partial charge in [0.2, 0.25) is 0 Å². The van der Waals surface area contributed by atoms with Crippen LogP contribution in [0, 0.1) is 6.66 Å². The Labute approximate surface area is 165 Å².